The Bertz CT molecular complexity index is 619. The molecule has 4 nitrogen and oxygen atoms in total. The fourth-order valence-corrected chi connectivity index (χ4v) is 3.36. The normalized spacial score (nSPS) is 22.9. The topological polar surface area (TPSA) is 49.0 Å². The number of para-hydroxylation sites is 1. The molecule has 1 aliphatic carbocycles. The molecule has 1 aromatic heterocycles. The fraction of sp³-hybridized carbons (Fsp3) is 0.500. The molecule has 1 aliphatic rings. The Morgan fingerprint density at radius 1 is 1.35 bits per heavy atom. The van der Waals surface area contributed by atoms with Crippen molar-refractivity contribution in [3.8, 4) is 0 Å². The Hall–Kier alpha value is -1.84. The third-order valence-corrected chi connectivity index (χ3v) is 4.59. The highest BCUT2D eigenvalue weighted by Crippen LogP contribution is 2.29. The quantitative estimate of drug-likeness (QED) is 0.911. The van der Waals surface area contributed by atoms with Crippen LogP contribution in [0.15, 0.2) is 24.4 Å². The summed E-state index contributed by atoms with van der Waals surface area (Å²) in [6.45, 7) is 2.25. The monoisotopic (exact) mass is 271 g/mol. The maximum absolute atomic E-state index is 12.8. The van der Waals surface area contributed by atoms with Crippen LogP contribution < -0.4 is 0 Å². The summed E-state index contributed by atoms with van der Waals surface area (Å²) in [4.78, 5) is 14.7. The molecule has 0 unspecified atom stereocenters. The van der Waals surface area contributed by atoms with E-state index in [1.54, 1.807) is 6.20 Å². The Balaban J connectivity index is 1.89. The first-order chi connectivity index (χ1) is 9.68. The summed E-state index contributed by atoms with van der Waals surface area (Å²) in [5, 5.41) is 7.96. The average Bonchev–Trinajstić information content (AvgIpc) is 2.94. The van der Waals surface area contributed by atoms with E-state index in [1.165, 1.54) is 19.3 Å². The first-order valence-corrected chi connectivity index (χ1v) is 7.37. The summed E-state index contributed by atoms with van der Waals surface area (Å²) >= 11 is 0. The van der Waals surface area contributed by atoms with Gasteiger partial charge in [0.1, 0.15) is 0 Å². The lowest BCUT2D eigenvalue weighted by Crippen LogP contribution is -2.42. The van der Waals surface area contributed by atoms with Crippen LogP contribution in [0.2, 0.25) is 0 Å². The van der Waals surface area contributed by atoms with Crippen molar-refractivity contribution in [1.29, 1.82) is 0 Å². The van der Waals surface area contributed by atoms with Gasteiger partial charge < -0.3 is 4.90 Å². The van der Waals surface area contributed by atoms with Crippen LogP contribution in [0.1, 0.15) is 43.0 Å². The van der Waals surface area contributed by atoms with Crippen LogP contribution in [0.3, 0.4) is 0 Å². The van der Waals surface area contributed by atoms with Crippen LogP contribution in [-0.2, 0) is 0 Å². The van der Waals surface area contributed by atoms with Gasteiger partial charge in [-0.25, -0.2) is 0 Å². The molecule has 1 fully saturated rings. The van der Waals surface area contributed by atoms with Crippen LogP contribution in [0.5, 0.6) is 0 Å². The van der Waals surface area contributed by atoms with Gasteiger partial charge >= 0.3 is 0 Å². The molecular weight excluding hydrogens is 250 g/mol. The number of carbonyl (C=O) groups is 1. The van der Waals surface area contributed by atoms with Gasteiger partial charge in [0.2, 0.25) is 0 Å². The number of H-pyrrole nitrogens is 1. The molecule has 106 valence electrons. The van der Waals surface area contributed by atoms with Crippen molar-refractivity contribution in [2.24, 2.45) is 5.92 Å². The molecule has 0 bridgehead atoms. The fourth-order valence-electron chi connectivity index (χ4n) is 3.36. The molecule has 20 heavy (non-hydrogen) atoms. The van der Waals surface area contributed by atoms with Crippen LogP contribution in [0, 0.1) is 5.92 Å². The van der Waals surface area contributed by atoms with E-state index in [4.69, 9.17) is 0 Å². The Morgan fingerprint density at radius 3 is 2.95 bits per heavy atom. The molecule has 0 radical (unpaired) electrons. The number of amides is 1. The van der Waals surface area contributed by atoms with Gasteiger partial charge in [-0.15, -0.1) is 0 Å². The van der Waals surface area contributed by atoms with E-state index in [2.05, 4.69) is 17.1 Å². The van der Waals surface area contributed by atoms with Gasteiger partial charge in [-0.2, -0.15) is 5.10 Å². The van der Waals surface area contributed by atoms with Crippen LogP contribution in [0.25, 0.3) is 10.9 Å². The van der Waals surface area contributed by atoms with Gasteiger partial charge in [-0.1, -0.05) is 31.9 Å². The van der Waals surface area contributed by atoms with E-state index in [0.717, 1.165) is 22.9 Å². The first kappa shape index (κ1) is 13.2. The summed E-state index contributed by atoms with van der Waals surface area (Å²) in [6, 6.07) is 6.13. The zero-order valence-corrected chi connectivity index (χ0v) is 12.1. The first-order valence-electron chi connectivity index (χ1n) is 7.37. The second-order valence-electron chi connectivity index (χ2n) is 5.88. The number of rotatable bonds is 2. The molecule has 1 N–H and O–H groups in total. The molecule has 1 aromatic carbocycles. The van der Waals surface area contributed by atoms with Gasteiger partial charge in [0.05, 0.1) is 17.3 Å². The summed E-state index contributed by atoms with van der Waals surface area (Å²) in [5.74, 6) is 0.678. The van der Waals surface area contributed by atoms with E-state index in [1.807, 2.05) is 30.1 Å². The van der Waals surface area contributed by atoms with Crippen molar-refractivity contribution in [2.75, 3.05) is 7.05 Å². The molecule has 4 heteroatoms. The molecule has 0 spiro atoms. The Labute approximate surface area is 119 Å². The van der Waals surface area contributed by atoms with E-state index in [9.17, 15) is 4.79 Å². The number of aromatic nitrogens is 2. The molecule has 3 rings (SSSR count). The van der Waals surface area contributed by atoms with Gasteiger partial charge in [-0.3, -0.25) is 9.89 Å². The van der Waals surface area contributed by atoms with Gasteiger partial charge in [0.15, 0.2) is 0 Å². The third-order valence-electron chi connectivity index (χ3n) is 4.59. The summed E-state index contributed by atoms with van der Waals surface area (Å²) < 4.78 is 0. The average molecular weight is 271 g/mol. The van der Waals surface area contributed by atoms with E-state index >= 15 is 0 Å². The van der Waals surface area contributed by atoms with E-state index in [-0.39, 0.29) is 5.91 Å². The molecule has 1 amide bonds. The number of hydrogen-bond donors (Lipinski definition) is 1. The van der Waals surface area contributed by atoms with Crippen LogP contribution >= 0.6 is 0 Å². The number of nitrogens with one attached hydrogen (secondary N) is 1. The smallest absolute Gasteiger partial charge is 0.256 e. The summed E-state index contributed by atoms with van der Waals surface area (Å²) in [5.41, 5.74) is 1.56. The number of hydrogen-bond acceptors (Lipinski definition) is 2. The second-order valence-corrected chi connectivity index (χ2v) is 5.88. The Kier molecular flexibility index (Phi) is 3.47. The van der Waals surface area contributed by atoms with Crippen molar-refractivity contribution < 1.29 is 4.79 Å². The lowest BCUT2D eigenvalue weighted by molar-refractivity contribution is 0.0630. The predicted octanol–water partition coefficient (Wildman–Crippen LogP) is 3.21. The van der Waals surface area contributed by atoms with Crippen molar-refractivity contribution in [2.45, 2.75) is 38.6 Å². The number of fused-ring (bicyclic) bond motifs is 1. The number of nitrogens with zero attached hydrogens (tertiary/aromatic N) is 2. The highest BCUT2D eigenvalue weighted by Gasteiger charge is 2.29. The molecule has 1 heterocycles. The zero-order chi connectivity index (χ0) is 14.1. The third kappa shape index (κ3) is 2.19. The standard InChI is InChI=1S/C16H21N3O/c1-11-6-3-4-9-14(11)19(2)16(20)13-8-5-7-12-10-17-18-15(12)13/h5,7-8,10-11,14H,3-4,6,9H2,1-2H3,(H,17,18)/t11-,14-/m0/s1. The molecule has 0 aliphatic heterocycles. The maximum Gasteiger partial charge on any atom is 0.256 e. The van der Waals surface area contributed by atoms with E-state index in [0.29, 0.717) is 12.0 Å². The highest BCUT2D eigenvalue weighted by molar-refractivity contribution is 6.05. The molecule has 2 atom stereocenters. The minimum Gasteiger partial charge on any atom is -0.338 e. The molecule has 1 saturated carbocycles. The predicted molar refractivity (Wildman–Crippen MR) is 79.6 cm³/mol. The SMILES string of the molecule is C[C@H]1CCCC[C@@H]1N(C)C(=O)c1cccc2cn[nH]c12. The van der Waals surface area contributed by atoms with Crippen molar-refractivity contribution >= 4 is 16.8 Å². The molecule has 2 aromatic rings. The van der Waals surface area contributed by atoms with Crippen molar-refractivity contribution in [1.82, 2.24) is 15.1 Å². The van der Waals surface area contributed by atoms with Gasteiger partial charge in [-0.05, 0) is 24.8 Å². The van der Waals surface area contributed by atoms with Crippen LogP contribution in [-0.4, -0.2) is 34.1 Å². The minimum absolute atomic E-state index is 0.0959. The summed E-state index contributed by atoms with van der Waals surface area (Å²) in [6.07, 6.45) is 6.60. The number of carbonyl (C=O) groups excluding carboxylic acids is 1. The van der Waals surface area contributed by atoms with E-state index < -0.39 is 0 Å². The van der Waals surface area contributed by atoms with Crippen molar-refractivity contribution in [3.63, 3.8) is 0 Å². The Morgan fingerprint density at radius 2 is 2.15 bits per heavy atom. The lowest BCUT2D eigenvalue weighted by Gasteiger charge is -2.36. The number of benzene rings is 1. The molecular formula is C16H21N3O. The number of aromatic amines is 1. The van der Waals surface area contributed by atoms with Gasteiger partial charge in [0.25, 0.3) is 5.91 Å². The lowest BCUT2D eigenvalue weighted by atomic mass is 9.85. The molecule has 0 saturated heterocycles. The second kappa shape index (κ2) is 5.27. The van der Waals surface area contributed by atoms with Crippen LogP contribution in [0.4, 0.5) is 0 Å². The summed E-state index contributed by atoms with van der Waals surface area (Å²) in [7, 11) is 1.93. The highest BCUT2D eigenvalue weighted by atomic mass is 16.2. The van der Waals surface area contributed by atoms with Crippen molar-refractivity contribution in [3.05, 3.63) is 30.0 Å². The van der Waals surface area contributed by atoms with Gasteiger partial charge in [0, 0.05) is 18.5 Å². The maximum atomic E-state index is 12.8. The largest absolute Gasteiger partial charge is 0.338 e. The minimum atomic E-state index is 0.0959. The zero-order valence-electron chi connectivity index (χ0n) is 12.1.